The van der Waals surface area contributed by atoms with Gasteiger partial charge in [0.15, 0.2) is 6.04 Å². The number of benzene rings is 1. The van der Waals surface area contributed by atoms with Crippen molar-refractivity contribution < 1.29 is 14.0 Å². The van der Waals surface area contributed by atoms with Crippen molar-refractivity contribution in [3.05, 3.63) is 75.4 Å². The number of nitrogens with one attached hydrogen (secondary N) is 1. The number of furan rings is 1. The molecule has 1 aliphatic rings. The second-order valence-corrected chi connectivity index (χ2v) is 9.68. The number of anilines is 1. The highest BCUT2D eigenvalue weighted by Gasteiger charge is 2.37. The van der Waals surface area contributed by atoms with Crippen molar-refractivity contribution in [3.63, 3.8) is 0 Å². The molecule has 5 nitrogen and oxygen atoms in total. The molecule has 0 aliphatic heterocycles. The molecule has 2 heterocycles. The Balaban J connectivity index is 1.78. The molecule has 2 amide bonds. The van der Waals surface area contributed by atoms with Gasteiger partial charge >= 0.3 is 0 Å². The number of thiophene rings is 1. The topological polar surface area (TPSA) is 62.6 Å². The maximum absolute atomic E-state index is 13.7. The molecule has 2 aromatic heterocycles. The van der Waals surface area contributed by atoms with Crippen LogP contribution in [0.3, 0.4) is 0 Å². The second kappa shape index (κ2) is 9.74. The lowest BCUT2D eigenvalue weighted by Crippen LogP contribution is -2.47. The molecule has 1 N–H and O–H groups in total. The van der Waals surface area contributed by atoms with E-state index in [0.29, 0.717) is 11.5 Å². The highest BCUT2D eigenvalue weighted by atomic mass is 32.1. The highest BCUT2D eigenvalue weighted by Crippen LogP contribution is 2.33. The van der Waals surface area contributed by atoms with E-state index in [1.807, 2.05) is 68.6 Å². The number of carbonyl (C=O) groups excluding carboxylic acids is 2. The van der Waals surface area contributed by atoms with E-state index >= 15 is 0 Å². The smallest absolute Gasteiger partial charge is 0.251 e. The Bertz CT molecular complexity index is 1080. The summed E-state index contributed by atoms with van der Waals surface area (Å²) in [6.45, 7) is 5.82. The zero-order valence-electron chi connectivity index (χ0n) is 18.9. The molecule has 32 heavy (non-hydrogen) atoms. The van der Waals surface area contributed by atoms with E-state index < -0.39 is 6.04 Å². The largest absolute Gasteiger partial charge is 0.464 e. The van der Waals surface area contributed by atoms with Gasteiger partial charge < -0.3 is 9.73 Å². The molecular weight excluding hydrogens is 420 g/mol. The normalized spacial score (nSPS) is 15.0. The van der Waals surface area contributed by atoms with Crippen LogP contribution in [-0.2, 0) is 16.0 Å². The lowest BCUT2D eigenvalue weighted by atomic mass is 10.0. The standard InChI is InChI=1S/C26H30N2O3S/c1-17-10-11-18(2)22(15-17)28(24(29)16-21-9-6-14-32-21)25(23-13-12-19(3)31-23)26(30)27-20-7-4-5-8-20/h6,9-15,20,25H,4-5,7-8,16H2,1-3H3,(H,27,30)/t25-/m1/s1. The molecule has 0 saturated heterocycles. The van der Waals surface area contributed by atoms with Gasteiger partial charge in [-0.1, -0.05) is 31.0 Å². The number of hydrogen-bond acceptors (Lipinski definition) is 4. The molecule has 0 radical (unpaired) electrons. The third-order valence-electron chi connectivity index (χ3n) is 6.04. The summed E-state index contributed by atoms with van der Waals surface area (Å²) in [5.41, 5.74) is 2.72. The predicted octanol–water partition coefficient (Wildman–Crippen LogP) is 5.64. The SMILES string of the molecule is Cc1ccc(C)c(N(C(=O)Cc2cccs2)[C@@H](C(=O)NC2CCCC2)c2ccc(C)o2)c1. The van der Waals surface area contributed by atoms with Gasteiger partial charge in [-0.05, 0) is 74.4 Å². The Labute approximate surface area is 193 Å². The number of aryl methyl sites for hydroxylation is 3. The van der Waals surface area contributed by atoms with Gasteiger partial charge in [0.05, 0.1) is 6.42 Å². The number of amides is 2. The minimum Gasteiger partial charge on any atom is -0.464 e. The summed E-state index contributed by atoms with van der Waals surface area (Å²) in [4.78, 5) is 30.0. The summed E-state index contributed by atoms with van der Waals surface area (Å²) >= 11 is 1.55. The van der Waals surface area contributed by atoms with Crippen molar-refractivity contribution in [3.8, 4) is 0 Å². The summed E-state index contributed by atoms with van der Waals surface area (Å²) in [6.07, 6.45) is 4.42. The number of rotatable bonds is 7. The van der Waals surface area contributed by atoms with Crippen LogP contribution >= 0.6 is 11.3 Å². The van der Waals surface area contributed by atoms with Crippen LogP contribution < -0.4 is 10.2 Å². The van der Waals surface area contributed by atoms with Gasteiger partial charge in [0, 0.05) is 16.6 Å². The first-order chi connectivity index (χ1) is 15.4. The van der Waals surface area contributed by atoms with Crippen molar-refractivity contribution >= 4 is 28.8 Å². The maximum Gasteiger partial charge on any atom is 0.251 e. The van der Waals surface area contributed by atoms with Crippen molar-refractivity contribution in [2.24, 2.45) is 0 Å². The zero-order chi connectivity index (χ0) is 22.7. The third-order valence-corrected chi connectivity index (χ3v) is 6.91. The van der Waals surface area contributed by atoms with E-state index in [1.54, 1.807) is 16.2 Å². The lowest BCUT2D eigenvalue weighted by Gasteiger charge is -2.32. The van der Waals surface area contributed by atoms with Gasteiger partial charge in [-0.15, -0.1) is 11.3 Å². The van der Waals surface area contributed by atoms with Gasteiger partial charge in [0.2, 0.25) is 5.91 Å². The van der Waals surface area contributed by atoms with Gasteiger partial charge in [0.25, 0.3) is 5.91 Å². The van der Waals surface area contributed by atoms with Gasteiger partial charge in [0.1, 0.15) is 11.5 Å². The zero-order valence-corrected chi connectivity index (χ0v) is 19.7. The van der Waals surface area contributed by atoms with Crippen molar-refractivity contribution in [1.82, 2.24) is 5.32 Å². The number of nitrogens with zero attached hydrogens (tertiary/aromatic N) is 1. The molecule has 6 heteroatoms. The van der Waals surface area contributed by atoms with E-state index in [0.717, 1.165) is 47.4 Å². The molecule has 1 atom stereocenters. The molecule has 168 valence electrons. The Morgan fingerprint density at radius 2 is 1.91 bits per heavy atom. The van der Waals surface area contributed by atoms with E-state index in [2.05, 4.69) is 5.32 Å². The van der Waals surface area contributed by atoms with Gasteiger partial charge in [-0.25, -0.2) is 0 Å². The fourth-order valence-corrected chi connectivity index (χ4v) is 5.06. The Kier molecular flexibility index (Phi) is 6.80. The van der Waals surface area contributed by atoms with Crippen molar-refractivity contribution in [2.45, 2.75) is 65.0 Å². The first-order valence-electron chi connectivity index (χ1n) is 11.2. The maximum atomic E-state index is 13.7. The Morgan fingerprint density at radius 3 is 2.56 bits per heavy atom. The average molecular weight is 451 g/mol. The summed E-state index contributed by atoms with van der Waals surface area (Å²) in [5, 5.41) is 5.16. The summed E-state index contributed by atoms with van der Waals surface area (Å²) < 4.78 is 5.94. The van der Waals surface area contributed by atoms with Crippen molar-refractivity contribution in [2.75, 3.05) is 4.90 Å². The molecule has 1 aromatic carbocycles. The van der Waals surface area contributed by atoms with Crippen LogP contribution in [-0.4, -0.2) is 17.9 Å². The van der Waals surface area contributed by atoms with Crippen LogP contribution in [0.1, 0.15) is 59.2 Å². The summed E-state index contributed by atoms with van der Waals surface area (Å²) in [7, 11) is 0. The summed E-state index contributed by atoms with van der Waals surface area (Å²) in [6, 6.07) is 12.8. The fourth-order valence-electron chi connectivity index (χ4n) is 4.37. The molecular formula is C26H30N2O3S. The first-order valence-corrected chi connectivity index (χ1v) is 12.1. The van der Waals surface area contributed by atoms with E-state index in [9.17, 15) is 9.59 Å². The Hall–Kier alpha value is -2.86. The second-order valence-electron chi connectivity index (χ2n) is 8.65. The van der Waals surface area contributed by atoms with Crippen LogP contribution in [0.25, 0.3) is 0 Å². The summed E-state index contributed by atoms with van der Waals surface area (Å²) in [5.74, 6) is 0.886. The first kappa shape index (κ1) is 22.3. The minimum absolute atomic E-state index is 0.123. The molecule has 0 spiro atoms. The average Bonchev–Trinajstić information content (AvgIpc) is 3.52. The molecule has 1 fully saturated rings. The number of hydrogen-bond donors (Lipinski definition) is 1. The van der Waals surface area contributed by atoms with Gasteiger partial charge in [-0.3, -0.25) is 14.5 Å². The van der Waals surface area contributed by atoms with E-state index in [1.165, 1.54) is 0 Å². The third kappa shape index (κ3) is 4.96. The quantitative estimate of drug-likeness (QED) is 0.506. The van der Waals surface area contributed by atoms with Gasteiger partial charge in [-0.2, -0.15) is 0 Å². The van der Waals surface area contributed by atoms with E-state index in [4.69, 9.17) is 4.42 Å². The predicted molar refractivity (Wildman–Crippen MR) is 128 cm³/mol. The van der Waals surface area contributed by atoms with Crippen LogP contribution in [0.15, 0.2) is 52.3 Å². The molecule has 0 bridgehead atoms. The molecule has 0 unspecified atom stereocenters. The fraction of sp³-hybridized carbons (Fsp3) is 0.385. The van der Waals surface area contributed by atoms with Crippen LogP contribution in [0.4, 0.5) is 5.69 Å². The molecule has 4 rings (SSSR count). The Morgan fingerprint density at radius 1 is 1.12 bits per heavy atom. The van der Waals surface area contributed by atoms with E-state index in [-0.39, 0.29) is 24.3 Å². The number of carbonyl (C=O) groups is 2. The van der Waals surface area contributed by atoms with Crippen molar-refractivity contribution in [1.29, 1.82) is 0 Å². The lowest BCUT2D eigenvalue weighted by molar-refractivity contribution is -0.127. The molecule has 1 aliphatic carbocycles. The monoisotopic (exact) mass is 450 g/mol. The molecule has 3 aromatic rings. The van der Waals surface area contributed by atoms with Crippen LogP contribution in [0.2, 0.25) is 0 Å². The van der Waals surface area contributed by atoms with Crippen LogP contribution in [0, 0.1) is 20.8 Å². The van der Waals surface area contributed by atoms with Crippen LogP contribution in [0.5, 0.6) is 0 Å². The minimum atomic E-state index is -0.864. The molecule has 1 saturated carbocycles. The highest BCUT2D eigenvalue weighted by molar-refractivity contribution is 7.10.